The third-order valence-corrected chi connectivity index (χ3v) is 5.92. The van der Waals surface area contributed by atoms with Crippen molar-refractivity contribution in [3.63, 3.8) is 0 Å². The molecule has 118 valence electrons. The summed E-state index contributed by atoms with van der Waals surface area (Å²) in [6.45, 7) is 4.61. The minimum atomic E-state index is -3.54. The van der Waals surface area contributed by atoms with Gasteiger partial charge in [-0.1, -0.05) is 12.1 Å². The zero-order chi connectivity index (χ0) is 15.6. The Kier molecular flexibility index (Phi) is 5.03. The van der Waals surface area contributed by atoms with Crippen LogP contribution in [0.5, 0.6) is 0 Å². The zero-order valence-electron chi connectivity index (χ0n) is 12.8. The van der Waals surface area contributed by atoms with E-state index >= 15 is 0 Å². The summed E-state index contributed by atoms with van der Waals surface area (Å²) in [4.78, 5) is 2.50. The van der Waals surface area contributed by atoms with Gasteiger partial charge >= 0.3 is 0 Å². The second kappa shape index (κ2) is 6.44. The molecule has 2 N–H and O–H groups in total. The number of nitrogens with zero attached hydrogens (tertiary/aromatic N) is 1. The Hall–Kier alpha value is -0.950. The molecule has 1 aliphatic rings. The molecule has 0 amide bonds. The van der Waals surface area contributed by atoms with Crippen LogP contribution in [0.15, 0.2) is 23.1 Å². The number of sulfonamides is 1. The van der Waals surface area contributed by atoms with Gasteiger partial charge < -0.3 is 10.0 Å². The number of aliphatic hydroxyl groups excluding tert-OH is 1. The van der Waals surface area contributed by atoms with E-state index in [4.69, 9.17) is 0 Å². The average Bonchev–Trinajstić information content (AvgIpc) is 2.43. The Morgan fingerprint density at radius 3 is 2.76 bits per heavy atom. The molecule has 1 fully saturated rings. The highest BCUT2D eigenvalue weighted by molar-refractivity contribution is 7.89. The van der Waals surface area contributed by atoms with Crippen molar-refractivity contribution >= 4 is 10.0 Å². The van der Waals surface area contributed by atoms with Gasteiger partial charge in [-0.05, 0) is 57.5 Å². The van der Waals surface area contributed by atoms with Crippen LogP contribution in [0, 0.1) is 6.92 Å². The van der Waals surface area contributed by atoms with Gasteiger partial charge in [0.1, 0.15) is 0 Å². The van der Waals surface area contributed by atoms with Gasteiger partial charge in [0.15, 0.2) is 0 Å². The second-order valence-electron chi connectivity index (χ2n) is 5.93. The summed E-state index contributed by atoms with van der Waals surface area (Å²) in [5, 5.41) is 9.18. The van der Waals surface area contributed by atoms with Crippen molar-refractivity contribution < 1.29 is 13.5 Å². The van der Waals surface area contributed by atoms with Crippen molar-refractivity contribution in [2.45, 2.75) is 50.3 Å². The molecule has 2 atom stereocenters. The second-order valence-corrected chi connectivity index (χ2v) is 7.61. The van der Waals surface area contributed by atoms with E-state index < -0.39 is 10.0 Å². The maximum atomic E-state index is 12.6. The monoisotopic (exact) mass is 312 g/mol. The van der Waals surface area contributed by atoms with Crippen LogP contribution in [0.1, 0.15) is 30.9 Å². The van der Waals surface area contributed by atoms with Crippen LogP contribution in [0.2, 0.25) is 0 Å². The zero-order valence-corrected chi connectivity index (χ0v) is 13.7. The first-order chi connectivity index (χ1) is 9.83. The van der Waals surface area contributed by atoms with Gasteiger partial charge in [0, 0.05) is 12.1 Å². The predicted octanol–water partition coefficient (Wildman–Crippen LogP) is 1.25. The highest BCUT2D eigenvalue weighted by atomic mass is 32.2. The number of rotatable bonds is 4. The third kappa shape index (κ3) is 3.83. The fraction of sp³-hybridized carbons (Fsp3) is 0.600. The van der Waals surface area contributed by atoms with Crippen molar-refractivity contribution in [1.82, 2.24) is 9.62 Å². The molecule has 2 unspecified atom stereocenters. The summed E-state index contributed by atoms with van der Waals surface area (Å²) < 4.78 is 28.0. The lowest BCUT2D eigenvalue weighted by Crippen LogP contribution is -2.47. The molecular formula is C15H24N2O3S. The maximum Gasteiger partial charge on any atom is 0.241 e. The first kappa shape index (κ1) is 16.4. The number of piperidine rings is 1. The van der Waals surface area contributed by atoms with Crippen LogP contribution in [0.25, 0.3) is 0 Å². The van der Waals surface area contributed by atoms with Gasteiger partial charge in [-0.15, -0.1) is 0 Å². The molecule has 0 aliphatic carbocycles. The number of hydrogen-bond acceptors (Lipinski definition) is 4. The lowest BCUT2D eigenvalue weighted by molar-refractivity contribution is 0.178. The standard InChI is InChI=1S/C15H24N2O3S/c1-11-4-5-13(10-18)9-15(11)21(19,20)16-14-6-7-17(3)12(2)8-14/h4-5,9,12,14,16,18H,6-8,10H2,1-3H3. The molecule has 0 bridgehead atoms. The van der Waals surface area contributed by atoms with Gasteiger partial charge in [0.25, 0.3) is 0 Å². The van der Waals surface area contributed by atoms with E-state index in [9.17, 15) is 13.5 Å². The first-order valence-corrected chi connectivity index (χ1v) is 8.74. The van der Waals surface area contributed by atoms with Gasteiger partial charge in [-0.25, -0.2) is 13.1 Å². The quantitative estimate of drug-likeness (QED) is 0.878. The van der Waals surface area contributed by atoms with Crippen molar-refractivity contribution in [2.24, 2.45) is 0 Å². The predicted molar refractivity (Wildman–Crippen MR) is 82.5 cm³/mol. The van der Waals surface area contributed by atoms with Crippen LogP contribution < -0.4 is 4.72 Å². The number of hydrogen-bond donors (Lipinski definition) is 2. The smallest absolute Gasteiger partial charge is 0.241 e. The van der Waals surface area contributed by atoms with Crippen molar-refractivity contribution in [1.29, 1.82) is 0 Å². The van der Waals surface area contributed by atoms with Crippen molar-refractivity contribution in [3.05, 3.63) is 29.3 Å². The number of nitrogens with one attached hydrogen (secondary N) is 1. The molecule has 1 aliphatic heterocycles. The largest absolute Gasteiger partial charge is 0.392 e. The van der Waals surface area contributed by atoms with E-state index in [1.807, 2.05) is 0 Å². The molecule has 0 aromatic heterocycles. The van der Waals surface area contributed by atoms with Crippen LogP contribution in [-0.2, 0) is 16.6 Å². The lowest BCUT2D eigenvalue weighted by Gasteiger charge is -2.35. The highest BCUT2D eigenvalue weighted by Gasteiger charge is 2.27. The van der Waals surface area contributed by atoms with Crippen LogP contribution in [0.4, 0.5) is 0 Å². The first-order valence-electron chi connectivity index (χ1n) is 7.26. The Balaban J connectivity index is 2.19. The lowest BCUT2D eigenvalue weighted by atomic mass is 10.0. The molecule has 1 aromatic rings. The van der Waals surface area contributed by atoms with E-state index in [1.54, 1.807) is 25.1 Å². The van der Waals surface area contributed by atoms with Crippen LogP contribution in [-0.4, -0.2) is 44.1 Å². The number of likely N-dealkylation sites (tertiary alicyclic amines) is 1. The minimum Gasteiger partial charge on any atom is -0.392 e. The highest BCUT2D eigenvalue weighted by Crippen LogP contribution is 2.21. The SMILES string of the molecule is Cc1ccc(CO)cc1S(=O)(=O)NC1CCN(C)C(C)C1. The number of aryl methyl sites for hydroxylation is 1. The van der Waals surface area contributed by atoms with Gasteiger partial charge in [0.2, 0.25) is 10.0 Å². The molecule has 0 spiro atoms. The Morgan fingerprint density at radius 1 is 1.43 bits per heavy atom. The summed E-state index contributed by atoms with van der Waals surface area (Å²) in [5.41, 5.74) is 1.30. The fourth-order valence-corrected chi connectivity index (χ4v) is 4.29. The molecule has 1 aromatic carbocycles. The van der Waals surface area contributed by atoms with Crippen LogP contribution in [0.3, 0.4) is 0 Å². The molecule has 6 heteroatoms. The Labute approximate surface area is 127 Å². The summed E-state index contributed by atoms with van der Waals surface area (Å²) >= 11 is 0. The summed E-state index contributed by atoms with van der Waals surface area (Å²) in [5.74, 6) is 0. The molecule has 2 rings (SSSR count). The average molecular weight is 312 g/mol. The molecule has 21 heavy (non-hydrogen) atoms. The van der Waals surface area contributed by atoms with Gasteiger partial charge in [-0.3, -0.25) is 0 Å². The van der Waals surface area contributed by atoms with E-state index in [0.717, 1.165) is 19.4 Å². The van der Waals surface area contributed by atoms with E-state index in [2.05, 4.69) is 23.6 Å². The molecule has 1 heterocycles. The number of aliphatic hydroxyl groups is 1. The topological polar surface area (TPSA) is 69.6 Å². The van der Waals surface area contributed by atoms with E-state index in [1.165, 1.54) is 0 Å². The Bertz CT molecular complexity index is 601. The molecule has 0 radical (unpaired) electrons. The van der Waals surface area contributed by atoms with Crippen LogP contribution >= 0.6 is 0 Å². The summed E-state index contributed by atoms with van der Waals surface area (Å²) in [6, 6.07) is 5.37. The summed E-state index contributed by atoms with van der Waals surface area (Å²) in [7, 11) is -1.48. The molecule has 5 nitrogen and oxygen atoms in total. The molecule has 0 saturated carbocycles. The Morgan fingerprint density at radius 2 is 2.14 bits per heavy atom. The number of benzene rings is 1. The summed E-state index contributed by atoms with van der Waals surface area (Å²) in [6.07, 6.45) is 1.63. The van der Waals surface area contributed by atoms with E-state index in [0.29, 0.717) is 17.2 Å². The molecular weight excluding hydrogens is 288 g/mol. The third-order valence-electron chi connectivity index (χ3n) is 4.25. The fourth-order valence-electron chi connectivity index (χ4n) is 2.71. The van der Waals surface area contributed by atoms with Gasteiger partial charge in [0.05, 0.1) is 11.5 Å². The van der Waals surface area contributed by atoms with Crippen molar-refractivity contribution in [2.75, 3.05) is 13.6 Å². The van der Waals surface area contributed by atoms with Gasteiger partial charge in [-0.2, -0.15) is 0 Å². The molecule has 1 saturated heterocycles. The normalized spacial score (nSPS) is 24.2. The maximum absolute atomic E-state index is 12.6. The minimum absolute atomic E-state index is 0.0293. The van der Waals surface area contributed by atoms with Crippen molar-refractivity contribution in [3.8, 4) is 0 Å². The van der Waals surface area contributed by atoms with E-state index in [-0.39, 0.29) is 17.5 Å².